The molecule has 0 amide bonds. The Morgan fingerprint density at radius 3 is 2.31 bits per heavy atom. The van der Waals surface area contributed by atoms with E-state index in [-0.39, 0.29) is 23.7 Å². The van der Waals surface area contributed by atoms with E-state index in [0.717, 1.165) is 29.8 Å². The van der Waals surface area contributed by atoms with Gasteiger partial charge in [-0.05, 0) is 53.3 Å². The maximum absolute atomic E-state index is 13.7. The summed E-state index contributed by atoms with van der Waals surface area (Å²) >= 11 is 1.72. The minimum atomic E-state index is -0.289. The van der Waals surface area contributed by atoms with Gasteiger partial charge < -0.3 is 5.32 Å². The molecule has 3 aromatic rings. The Bertz CT molecular complexity index is 921. The highest BCUT2D eigenvalue weighted by Crippen LogP contribution is 2.37. The Labute approximate surface area is 155 Å². The van der Waals surface area contributed by atoms with Crippen molar-refractivity contribution in [2.45, 2.75) is 24.9 Å². The highest BCUT2D eigenvalue weighted by molar-refractivity contribution is 7.09. The fourth-order valence-corrected chi connectivity index (χ4v) is 4.00. The van der Waals surface area contributed by atoms with E-state index in [0.29, 0.717) is 0 Å². The molecule has 2 unspecified atom stereocenters. The van der Waals surface area contributed by atoms with Crippen LogP contribution in [0.5, 0.6) is 0 Å². The number of aliphatic imine (C=N–C) groups is 1. The van der Waals surface area contributed by atoms with Crippen LogP contribution in [0.4, 0.5) is 8.78 Å². The van der Waals surface area contributed by atoms with Crippen molar-refractivity contribution in [2.75, 3.05) is 0 Å². The molecule has 132 valence electrons. The van der Waals surface area contributed by atoms with E-state index in [2.05, 4.69) is 16.8 Å². The molecule has 1 N–H and O–H groups in total. The third-order valence-electron chi connectivity index (χ3n) is 4.52. The van der Waals surface area contributed by atoms with E-state index in [9.17, 15) is 8.78 Å². The summed E-state index contributed by atoms with van der Waals surface area (Å²) in [4.78, 5) is 6.10. The molecule has 0 spiro atoms. The van der Waals surface area contributed by atoms with E-state index >= 15 is 0 Å². The summed E-state index contributed by atoms with van der Waals surface area (Å²) in [6.45, 7) is 0. The van der Waals surface area contributed by atoms with Gasteiger partial charge in [0.2, 0.25) is 0 Å². The highest BCUT2D eigenvalue weighted by Gasteiger charge is 2.31. The summed E-state index contributed by atoms with van der Waals surface area (Å²) < 4.78 is 27.4. The lowest BCUT2D eigenvalue weighted by molar-refractivity contribution is 0.555. The van der Waals surface area contributed by atoms with Crippen LogP contribution >= 0.6 is 11.3 Å². The molecule has 0 radical (unpaired) electrons. The zero-order chi connectivity index (χ0) is 17.9. The summed E-state index contributed by atoms with van der Waals surface area (Å²) in [6.07, 6.45) is 1.67. The van der Waals surface area contributed by atoms with Crippen LogP contribution < -0.4 is 5.32 Å². The van der Waals surface area contributed by atoms with Gasteiger partial charge in [0.25, 0.3) is 0 Å². The summed E-state index contributed by atoms with van der Waals surface area (Å²) in [6, 6.07) is 16.7. The monoisotopic (exact) mass is 368 g/mol. The molecule has 0 saturated carbocycles. The number of hydrogen-bond donors (Lipinski definition) is 1. The Kier molecular flexibility index (Phi) is 4.80. The first-order valence-corrected chi connectivity index (χ1v) is 9.43. The van der Waals surface area contributed by atoms with Crippen LogP contribution in [0.1, 0.15) is 34.5 Å². The average molecular weight is 368 g/mol. The summed E-state index contributed by atoms with van der Waals surface area (Å²) in [5.41, 5.74) is 1.60. The maximum atomic E-state index is 13.7. The number of benzene rings is 2. The van der Waals surface area contributed by atoms with Gasteiger partial charge in [0.1, 0.15) is 17.7 Å². The van der Waals surface area contributed by atoms with Gasteiger partial charge in [-0.2, -0.15) is 0 Å². The molecule has 4 rings (SSSR count). The third kappa shape index (κ3) is 3.68. The summed E-state index contributed by atoms with van der Waals surface area (Å²) in [5.74, 6) is 0.305. The second-order valence-electron chi connectivity index (χ2n) is 6.33. The van der Waals surface area contributed by atoms with Crippen LogP contribution in [0.15, 0.2) is 71.0 Å². The molecule has 1 aliphatic heterocycles. The lowest BCUT2D eigenvalue weighted by atomic mass is 9.95. The van der Waals surface area contributed by atoms with Crippen molar-refractivity contribution < 1.29 is 8.78 Å². The second kappa shape index (κ2) is 7.38. The topological polar surface area (TPSA) is 24.4 Å². The normalized spacial score (nSPS) is 19.2. The number of rotatable bonds is 5. The number of halogens is 2. The smallest absolute Gasteiger partial charge is 0.123 e. The minimum Gasteiger partial charge on any atom is -0.364 e. The molecule has 1 aliphatic rings. The van der Waals surface area contributed by atoms with Crippen molar-refractivity contribution in [3.8, 4) is 0 Å². The molecule has 2 aromatic carbocycles. The summed E-state index contributed by atoms with van der Waals surface area (Å²) in [7, 11) is 0. The van der Waals surface area contributed by atoms with Crippen molar-refractivity contribution >= 4 is 17.2 Å². The van der Waals surface area contributed by atoms with Crippen LogP contribution in [-0.4, -0.2) is 5.84 Å². The molecule has 1 aromatic heterocycles. The molecule has 2 atom stereocenters. The van der Waals surface area contributed by atoms with Gasteiger partial charge in [0, 0.05) is 11.3 Å². The average Bonchev–Trinajstić information content (AvgIpc) is 3.30. The van der Waals surface area contributed by atoms with E-state index in [1.54, 1.807) is 23.5 Å². The summed E-state index contributed by atoms with van der Waals surface area (Å²) in [5, 5.41) is 5.49. The van der Waals surface area contributed by atoms with Gasteiger partial charge in [0.05, 0.1) is 11.9 Å². The van der Waals surface area contributed by atoms with E-state index in [4.69, 9.17) is 4.99 Å². The molecule has 0 saturated heterocycles. The first-order chi connectivity index (χ1) is 12.7. The van der Waals surface area contributed by atoms with Gasteiger partial charge in [-0.3, -0.25) is 4.99 Å². The molecule has 2 heterocycles. The van der Waals surface area contributed by atoms with Crippen LogP contribution in [-0.2, 0) is 6.42 Å². The van der Waals surface area contributed by atoms with Crippen molar-refractivity contribution in [1.29, 1.82) is 0 Å². The van der Waals surface area contributed by atoms with Crippen LogP contribution in [0.3, 0.4) is 0 Å². The van der Waals surface area contributed by atoms with Crippen LogP contribution in [0.25, 0.3) is 0 Å². The van der Waals surface area contributed by atoms with E-state index < -0.39 is 0 Å². The second-order valence-corrected chi connectivity index (χ2v) is 7.36. The number of nitrogens with one attached hydrogen (secondary N) is 1. The van der Waals surface area contributed by atoms with Gasteiger partial charge in [-0.1, -0.05) is 30.3 Å². The first kappa shape index (κ1) is 16.9. The number of amidine groups is 1. The van der Waals surface area contributed by atoms with Crippen molar-refractivity contribution in [2.24, 2.45) is 4.99 Å². The molecule has 26 heavy (non-hydrogen) atoms. The van der Waals surface area contributed by atoms with Crippen LogP contribution in [0, 0.1) is 11.6 Å². The molecule has 0 aliphatic carbocycles. The predicted molar refractivity (Wildman–Crippen MR) is 101 cm³/mol. The fraction of sp³-hybridized carbons (Fsp3) is 0.190. The SMILES string of the molecule is Fc1cccc(C2N=C(CCc3cccs3)NC2c2cccc(F)c2)c1. The number of nitrogens with zero attached hydrogens (tertiary/aromatic N) is 1. The van der Waals surface area contributed by atoms with Crippen molar-refractivity contribution in [1.82, 2.24) is 5.32 Å². The van der Waals surface area contributed by atoms with Crippen molar-refractivity contribution in [3.63, 3.8) is 0 Å². The quantitative estimate of drug-likeness (QED) is 0.637. The van der Waals surface area contributed by atoms with E-state index in [1.165, 1.54) is 29.1 Å². The van der Waals surface area contributed by atoms with Gasteiger partial charge in [-0.25, -0.2) is 8.78 Å². The van der Waals surface area contributed by atoms with Gasteiger partial charge >= 0.3 is 0 Å². The predicted octanol–water partition coefficient (Wildman–Crippen LogP) is 5.44. The first-order valence-electron chi connectivity index (χ1n) is 8.55. The van der Waals surface area contributed by atoms with Gasteiger partial charge in [0.15, 0.2) is 0 Å². The molecular formula is C21H18F2N2S. The number of hydrogen-bond acceptors (Lipinski definition) is 3. The Balaban J connectivity index is 1.62. The van der Waals surface area contributed by atoms with Crippen molar-refractivity contribution in [3.05, 3.63) is 93.7 Å². The number of aryl methyl sites for hydroxylation is 1. The lowest BCUT2D eigenvalue weighted by Gasteiger charge is -2.20. The molecule has 5 heteroatoms. The zero-order valence-corrected chi connectivity index (χ0v) is 14.8. The number of thiophene rings is 1. The zero-order valence-electron chi connectivity index (χ0n) is 14.0. The molecule has 0 bridgehead atoms. The minimum absolute atomic E-state index is 0.203. The van der Waals surface area contributed by atoms with E-state index in [1.807, 2.05) is 18.2 Å². The maximum Gasteiger partial charge on any atom is 0.123 e. The Morgan fingerprint density at radius 2 is 1.62 bits per heavy atom. The Hall–Kier alpha value is -2.53. The fourth-order valence-electron chi connectivity index (χ4n) is 3.29. The lowest BCUT2D eigenvalue weighted by Crippen LogP contribution is -2.24. The standard InChI is InChI=1S/C21H18F2N2S/c22-16-6-1-4-14(12-16)20-21(15-5-2-7-17(23)13-15)25-19(24-20)10-9-18-8-3-11-26-18/h1-8,11-13,20-21H,9-10H2,(H,24,25). The largest absolute Gasteiger partial charge is 0.364 e. The van der Waals surface area contributed by atoms with Crippen LogP contribution in [0.2, 0.25) is 0 Å². The third-order valence-corrected chi connectivity index (χ3v) is 5.46. The van der Waals surface area contributed by atoms with Gasteiger partial charge in [-0.15, -0.1) is 11.3 Å². The molecule has 2 nitrogen and oxygen atoms in total. The highest BCUT2D eigenvalue weighted by atomic mass is 32.1. The Morgan fingerprint density at radius 1 is 0.885 bits per heavy atom. The molecule has 0 fully saturated rings. The molecular weight excluding hydrogens is 350 g/mol.